The molecule has 0 aromatic carbocycles. The Bertz CT molecular complexity index is 938. The SMILES string of the molecule is CCCCCCCCCCCCCCCC(=O)NCC(=O)N[C@@H](CS)C(=O)NC[C@@H]1CC[C@H](O)[C@@H](C(=O)N[C@@H](CC(C)C)C(=O)O)O1. The van der Waals surface area contributed by atoms with Crippen LogP contribution in [0, 0.1) is 5.92 Å². The van der Waals surface area contributed by atoms with E-state index in [1.807, 2.05) is 13.8 Å². The molecule has 4 amide bonds. The number of aliphatic hydroxyl groups excluding tert-OH is 1. The summed E-state index contributed by atoms with van der Waals surface area (Å²) in [5.41, 5.74) is 0. The number of hydrogen-bond donors (Lipinski definition) is 7. The number of nitrogens with one attached hydrogen (secondary N) is 4. The van der Waals surface area contributed by atoms with E-state index >= 15 is 0 Å². The van der Waals surface area contributed by atoms with Gasteiger partial charge >= 0.3 is 5.97 Å². The first-order chi connectivity index (χ1) is 22.5. The Hall–Kier alpha value is -2.38. The lowest BCUT2D eigenvalue weighted by Crippen LogP contribution is -2.55. The first-order valence-electron chi connectivity index (χ1n) is 17.8. The lowest BCUT2D eigenvalue weighted by atomic mass is 9.99. The van der Waals surface area contributed by atoms with Crippen molar-refractivity contribution in [1.82, 2.24) is 21.3 Å². The Kier molecular flexibility index (Phi) is 23.2. The van der Waals surface area contributed by atoms with Gasteiger partial charge in [0.05, 0.1) is 18.8 Å². The minimum atomic E-state index is -1.27. The Morgan fingerprint density at radius 1 is 0.787 bits per heavy atom. The van der Waals surface area contributed by atoms with Crippen molar-refractivity contribution in [2.45, 2.75) is 160 Å². The minimum absolute atomic E-state index is 0.0136. The standard InChI is InChI=1S/C34H62N4O8S/c1-4-5-6-7-8-9-10-11-12-13-14-15-16-17-29(40)35-22-30(41)37-27(23-47)32(42)36-21-25-18-19-28(39)31(46-25)33(43)38-26(34(44)45)20-24(2)3/h24-28,31,39,47H,4-23H2,1-3H3,(H,35,40)(H,36,42)(H,37,41)(H,38,43)(H,44,45)/t25-,26-,27-,28-,31-/m0/s1. The van der Waals surface area contributed by atoms with Crippen molar-refractivity contribution in [2.75, 3.05) is 18.8 Å². The Labute approximate surface area is 287 Å². The number of rotatable bonds is 26. The van der Waals surface area contributed by atoms with Crippen molar-refractivity contribution >= 4 is 42.2 Å². The fourth-order valence-corrected chi connectivity index (χ4v) is 5.81. The highest BCUT2D eigenvalue weighted by molar-refractivity contribution is 7.80. The summed E-state index contributed by atoms with van der Waals surface area (Å²) in [4.78, 5) is 61.5. The van der Waals surface area contributed by atoms with Gasteiger partial charge in [0.15, 0.2) is 6.10 Å². The number of carboxylic acid groups (broad SMARTS) is 1. The summed E-state index contributed by atoms with van der Waals surface area (Å²) in [6, 6.07) is -2.06. The quantitative estimate of drug-likeness (QED) is 0.0532. The molecule has 6 N–H and O–H groups in total. The Morgan fingerprint density at radius 2 is 1.36 bits per heavy atom. The molecule has 1 fully saturated rings. The number of aliphatic hydroxyl groups is 1. The maximum absolute atomic E-state index is 12.7. The normalized spacial score (nSPS) is 19.1. The van der Waals surface area contributed by atoms with Crippen LogP contribution in [0.2, 0.25) is 0 Å². The second-order valence-electron chi connectivity index (χ2n) is 13.2. The van der Waals surface area contributed by atoms with Crippen LogP contribution in [-0.2, 0) is 28.7 Å². The zero-order valence-corrected chi connectivity index (χ0v) is 29.8. The third-order valence-electron chi connectivity index (χ3n) is 8.34. The first kappa shape index (κ1) is 42.6. The van der Waals surface area contributed by atoms with Crippen LogP contribution in [0.1, 0.15) is 130 Å². The van der Waals surface area contributed by atoms with E-state index in [1.54, 1.807) is 0 Å². The molecular formula is C34H62N4O8S. The molecule has 0 bridgehead atoms. The first-order valence-corrected chi connectivity index (χ1v) is 18.4. The third-order valence-corrected chi connectivity index (χ3v) is 8.71. The number of carbonyl (C=O) groups is 5. The summed E-state index contributed by atoms with van der Waals surface area (Å²) in [6.45, 7) is 5.68. The summed E-state index contributed by atoms with van der Waals surface area (Å²) in [6.07, 6.45) is 14.1. The van der Waals surface area contributed by atoms with Crippen molar-refractivity contribution in [3.63, 3.8) is 0 Å². The summed E-state index contributed by atoms with van der Waals surface area (Å²) in [5, 5.41) is 30.0. The van der Waals surface area contributed by atoms with Gasteiger partial charge in [-0.1, -0.05) is 97.8 Å². The van der Waals surface area contributed by atoms with Crippen LogP contribution >= 0.6 is 12.6 Å². The molecule has 0 radical (unpaired) electrons. The maximum Gasteiger partial charge on any atom is 0.326 e. The molecule has 0 unspecified atom stereocenters. The zero-order chi connectivity index (χ0) is 35.0. The summed E-state index contributed by atoms with van der Waals surface area (Å²) in [5.74, 6) is -3.07. The van der Waals surface area contributed by atoms with E-state index in [-0.39, 0.29) is 43.5 Å². The van der Waals surface area contributed by atoms with Crippen LogP contribution in [0.15, 0.2) is 0 Å². The van der Waals surface area contributed by atoms with E-state index in [9.17, 15) is 34.2 Å². The number of unbranched alkanes of at least 4 members (excludes halogenated alkanes) is 12. The average Bonchev–Trinajstić information content (AvgIpc) is 3.03. The molecule has 1 heterocycles. The van der Waals surface area contributed by atoms with Gasteiger partial charge in [-0.3, -0.25) is 19.2 Å². The van der Waals surface area contributed by atoms with Crippen molar-refractivity contribution < 1.29 is 38.9 Å². The molecule has 47 heavy (non-hydrogen) atoms. The van der Waals surface area contributed by atoms with E-state index < -0.39 is 54.1 Å². The van der Waals surface area contributed by atoms with Crippen LogP contribution in [0.4, 0.5) is 0 Å². The lowest BCUT2D eigenvalue weighted by molar-refractivity contribution is -0.160. The number of thiol groups is 1. The predicted molar refractivity (Wildman–Crippen MR) is 185 cm³/mol. The number of aliphatic carboxylic acids is 1. The monoisotopic (exact) mass is 686 g/mol. The molecule has 12 nitrogen and oxygen atoms in total. The van der Waals surface area contributed by atoms with Crippen molar-refractivity contribution in [3.05, 3.63) is 0 Å². The van der Waals surface area contributed by atoms with Crippen LogP contribution in [-0.4, -0.2) is 89.0 Å². The lowest BCUT2D eigenvalue weighted by Gasteiger charge is -2.34. The molecule has 0 aromatic heterocycles. The fourth-order valence-electron chi connectivity index (χ4n) is 5.56. The Morgan fingerprint density at radius 3 is 1.89 bits per heavy atom. The van der Waals surface area contributed by atoms with Crippen LogP contribution in [0.25, 0.3) is 0 Å². The molecule has 272 valence electrons. The Balaban J connectivity index is 2.27. The topological polar surface area (TPSA) is 183 Å². The van der Waals surface area contributed by atoms with Crippen molar-refractivity contribution in [3.8, 4) is 0 Å². The molecule has 1 rings (SSSR count). The highest BCUT2D eigenvalue weighted by Crippen LogP contribution is 2.20. The van der Waals surface area contributed by atoms with Gasteiger partial charge in [-0.05, 0) is 31.6 Å². The average molecular weight is 687 g/mol. The van der Waals surface area contributed by atoms with Gasteiger partial charge in [0.2, 0.25) is 17.7 Å². The molecule has 0 aliphatic carbocycles. The van der Waals surface area contributed by atoms with E-state index in [0.717, 1.165) is 19.3 Å². The van der Waals surface area contributed by atoms with Crippen LogP contribution in [0.3, 0.4) is 0 Å². The molecule has 1 aliphatic heterocycles. The summed E-state index contributed by atoms with van der Waals surface area (Å²) < 4.78 is 5.72. The highest BCUT2D eigenvalue weighted by atomic mass is 32.1. The maximum atomic E-state index is 12.7. The summed E-state index contributed by atoms with van der Waals surface area (Å²) >= 11 is 4.17. The molecule has 0 saturated carbocycles. The van der Waals surface area contributed by atoms with Crippen LogP contribution < -0.4 is 21.3 Å². The van der Waals surface area contributed by atoms with Gasteiger partial charge < -0.3 is 36.2 Å². The number of carbonyl (C=O) groups excluding carboxylic acids is 4. The third kappa shape index (κ3) is 19.9. The molecule has 1 saturated heterocycles. The van der Waals surface area contributed by atoms with E-state index in [1.165, 1.54) is 64.2 Å². The number of ether oxygens (including phenoxy) is 1. The summed E-state index contributed by atoms with van der Waals surface area (Å²) in [7, 11) is 0. The molecule has 1 aliphatic rings. The molecule has 0 aromatic rings. The second-order valence-corrected chi connectivity index (χ2v) is 13.5. The molecule has 13 heteroatoms. The van der Waals surface area contributed by atoms with Gasteiger partial charge in [0.1, 0.15) is 12.1 Å². The zero-order valence-electron chi connectivity index (χ0n) is 28.9. The largest absolute Gasteiger partial charge is 0.480 e. The molecule has 5 atom stereocenters. The van der Waals surface area contributed by atoms with Crippen molar-refractivity contribution in [1.29, 1.82) is 0 Å². The molecular weight excluding hydrogens is 624 g/mol. The van der Waals surface area contributed by atoms with Gasteiger partial charge in [0.25, 0.3) is 5.91 Å². The number of amides is 4. The van der Waals surface area contributed by atoms with E-state index in [2.05, 4.69) is 40.8 Å². The van der Waals surface area contributed by atoms with Gasteiger partial charge in [-0.25, -0.2) is 4.79 Å². The van der Waals surface area contributed by atoms with E-state index in [4.69, 9.17) is 4.74 Å². The second kappa shape index (κ2) is 25.6. The fraction of sp³-hybridized carbons (Fsp3) is 0.853. The van der Waals surface area contributed by atoms with Gasteiger partial charge in [0, 0.05) is 18.7 Å². The van der Waals surface area contributed by atoms with E-state index in [0.29, 0.717) is 12.8 Å². The molecule has 0 spiro atoms. The predicted octanol–water partition coefficient (Wildman–Crippen LogP) is 3.64. The highest BCUT2D eigenvalue weighted by Gasteiger charge is 2.37. The van der Waals surface area contributed by atoms with Gasteiger partial charge in [-0.15, -0.1) is 0 Å². The number of hydrogen-bond acceptors (Lipinski definition) is 8. The smallest absolute Gasteiger partial charge is 0.326 e. The van der Waals surface area contributed by atoms with Gasteiger partial charge in [-0.2, -0.15) is 12.6 Å². The van der Waals surface area contributed by atoms with Crippen molar-refractivity contribution in [2.24, 2.45) is 5.92 Å². The number of carboxylic acids is 1. The minimum Gasteiger partial charge on any atom is -0.480 e. The van der Waals surface area contributed by atoms with Crippen LogP contribution in [0.5, 0.6) is 0 Å².